The topological polar surface area (TPSA) is 177 Å². The van der Waals surface area contributed by atoms with E-state index in [9.17, 15) is 19.8 Å². The summed E-state index contributed by atoms with van der Waals surface area (Å²) in [5.41, 5.74) is 5.13. The highest BCUT2D eigenvalue weighted by Crippen LogP contribution is 2.32. The first-order chi connectivity index (χ1) is 10.4. The third-order valence-corrected chi connectivity index (χ3v) is 3.46. The van der Waals surface area contributed by atoms with Gasteiger partial charge in [-0.15, -0.1) is 0 Å². The average Bonchev–Trinajstić information content (AvgIpc) is 3.01. The molecule has 0 radical (unpaired) electrons. The van der Waals surface area contributed by atoms with Crippen LogP contribution in [0.15, 0.2) is 11.1 Å². The highest BCUT2D eigenvalue weighted by atomic mass is 16.5. The molecule has 1 aliphatic heterocycles. The van der Waals surface area contributed by atoms with Crippen LogP contribution in [-0.2, 0) is 9.53 Å². The molecule has 2 aromatic heterocycles. The molecule has 1 fully saturated rings. The van der Waals surface area contributed by atoms with Crippen molar-refractivity contribution >= 4 is 23.1 Å². The number of aromatic amines is 1. The van der Waals surface area contributed by atoms with E-state index in [0.29, 0.717) is 0 Å². The van der Waals surface area contributed by atoms with Gasteiger partial charge in [0.2, 0.25) is 5.95 Å². The molecule has 118 valence electrons. The van der Waals surface area contributed by atoms with Crippen LogP contribution in [-0.4, -0.2) is 59.1 Å². The van der Waals surface area contributed by atoms with Gasteiger partial charge >= 0.3 is 5.97 Å². The van der Waals surface area contributed by atoms with E-state index in [-0.39, 0.29) is 23.5 Å². The van der Waals surface area contributed by atoms with E-state index >= 15 is 0 Å². The summed E-state index contributed by atoms with van der Waals surface area (Å²) in [5, 5.41) is 28.2. The number of carboxylic acids is 1. The van der Waals surface area contributed by atoms with Crippen molar-refractivity contribution in [1.82, 2.24) is 19.5 Å². The molecule has 0 aliphatic carbocycles. The van der Waals surface area contributed by atoms with Crippen molar-refractivity contribution in [2.24, 2.45) is 0 Å². The van der Waals surface area contributed by atoms with Crippen LogP contribution in [0.2, 0.25) is 0 Å². The third-order valence-electron chi connectivity index (χ3n) is 3.46. The van der Waals surface area contributed by atoms with E-state index in [0.717, 1.165) is 0 Å². The normalized spacial score (nSPS) is 26.4. The van der Waals surface area contributed by atoms with Crippen LogP contribution in [0.25, 0.3) is 11.2 Å². The maximum atomic E-state index is 11.7. The van der Waals surface area contributed by atoms with Crippen molar-refractivity contribution in [3.05, 3.63) is 16.7 Å². The number of carbonyl (C=O) groups is 1. The van der Waals surface area contributed by atoms with Gasteiger partial charge in [-0.2, -0.15) is 4.98 Å². The molecule has 4 unspecified atom stereocenters. The van der Waals surface area contributed by atoms with Gasteiger partial charge in [0.25, 0.3) is 5.56 Å². The zero-order valence-corrected chi connectivity index (χ0v) is 11.1. The molecule has 0 bridgehead atoms. The average molecular weight is 311 g/mol. The van der Waals surface area contributed by atoms with Gasteiger partial charge in [0.15, 0.2) is 17.3 Å². The van der Waals surface area contributed by atoms with Crippen molar-refractivity contribution in [3.8, 4) is 0 Å². The number of imidazole rings is 1. The van der Waals surface area contributed by atoms with Crippen molar-refractivity contribution in [2.45, 2.75) is 31.0 Å². The molecule has 4 atom stereocenters. The number of ether oxygens (including phenoxy) is 1. The van der Waals surface area contributed by atoms with Gasteiger partial charge in [-0.1, -0.05) is 0 Å². The zero-order valence-electron chi connectivity index (χ0n) is 11.1. The predicted octanol–water partition coefficient (Wildman–Crippen LogP) is -2.20. The minimum absolute atomic E-state index is 0.00878. The van der Waals surface area contributed by atoms with E-state index in [1.807, 2.05) is 0 Å². The van der Waals surface area contributed by atoms with E-state index < -0.39 is 36.1 Å². The summed E-state index contributed by atoms with van der Waals surface area (Å²) in [4.78, 5) is 32.6. The Morgan fingerprint density at radius 2 is 2.32 bits per heavy atom. The number of nitrogens with zero attached hydrogens (tertiary/aromatic N) is 3. The molecular formula is C11H13N5O6. The second-order valence-corrected chi connectivity index (χ2v) is 4.92. The largest absolute Gasteiger partial charge is 0.479 e. The highest BCUT2D eigenvalue weighted by molar-refractivity contribution is 5.73. The summed E-state index contributed by atoms with van der Waals surface area (Å²) < 4.78 is 6.74. The zero-order chi connectivity index (χ0) is 16.0. The Kier molecular flexibility index (Phi) is 3.31. The van der Waals surface area contributed by atoms with Crippen LogP contribution in [0.5, 0.6) is 0 Å². The first-order valence-electron chi connectivity index (χ1n) is 6.35. The monoisotopic (exact) mass is 311 g/mol. The molecule has 3 heterocycles. The molecule has 1 saturated heterocycles. The fourth-order valence-electron chi connectivity index (χ4n) is 2.43. The van der Waals surface area contributed by atoms with Crippen LogP contribution in [0.4, 0.5) is 5.95 Å². The lowest BCUT2D eigenvalue weighted by molar-refractivity contribution is -0.160. The Bertz CT molecular complexity index is 785. The van der Waals surface area contributed by atoms with E-state index in [1.165, 1.54) is 10.9 Å². The fraction of sp³-hybridized carbons (Fsp3) is 0.455. The lowest BCUT2D eigenvalue weighted by Gasteiger charge is -2.18. The standard InChI is InChI=1S/C11H13N5O6/c12-11-14-8-5(9(19)15-11)13-2-16(8)4-1-3(17)7(22-4)6(18)10(20)21/h2-4,6-7,17-18H,1H2,(H,20,21)(H3,12,14,15,19). The highest BCUT2D eigenvalue weighted by Gasteiger charge is 2.42. The van der Waals surface area contributed by atoms with E-state index in [1.54, 1.807) is 0 Å². The van der Waals surface area contributed by atoms with Crippen molar-refractivity contribution < 1.29 is 24.9 Å². The number of anilines is 1. The molecule has 6 N–H and O–H groups in total. The molecule has 22 heavy (non-hydrogen) atoms. The van der Waals surface area contributed by atoms with Crippen LogP contribution in [0.1, 0.15) is 12.6 Å². The Morgan fingerprint density at radius 3 is 3.00 bits per heavy atom. The minimum atomic E-state index is -1.86. The van der Waals surface area contributed by atoms with Gasteiger partial charge in [-0.3, -0.25) is 14.3 Å². The number of aromatic nitrogens is 4. The Balaban J connectivity index is 1.96. The lowest BCUT2D eigenvalue weighted by Crippen LogP contribution is -2.40. The molecule has 2 aromatic rings. The number of aliphatic carboxylic acids is 1. The number of carboxylic acid groups (broad SMARTS) is 1. The fourth-order valence-corrected chi connectivity index (χ4v) is 2.43. The molecule has 1 aliphatic rings. The van der Waals surface area contributed by atoms with Crippen LogP contribution in [0, 0.1) is 0 Å². The summed E-state index contributed by atoms with van der Waals surface area (Å²) in [5.74, 6) is -1.61. The predicted molar refractivity (Wildman–Crippen MR) is 70.7 cm³/mol. The number of hydrogen-bond acceptors (Lipinski definition) is 8. The van der Waals surface area contributed by atoms with Gasteiger partial charge in [0.1, 0.15) is 12.3 Å². The summed E-state index contributed by atoms with van der Waals surface area (Å²) in [6.45, 7) is 0. The molecule has 0 aromatic carbocycles. The second kappa shape index (κ2) is 5.05. The van der Waals surface area contributed by atoms with Crippen molar-refractivity contribution in [1.29, 1.82) is 0 Å². The van der Waals surface area contributed by atoms with Crippen LogP contribution >= 0.6 is 0 Å². The van der Waals surface area contributed by atoms with E-state index in [2.05, 4.69) is 15.0 Å². The number of fused-ring (bicyclic) bond motifs is 1. The minimum Gasteiger partial charge on any atom is -0.479 e. The van der Waals surface area contributed by atoms with Gasteiger partial charge in [-0.25, -0.2) is 9.78 Å². The number of H-pyrrole nitrogens is 1. The van der Waals surface area contributed by atoms with Gasteiger partial charge in [0.05, 0.1) is 12.4 Å². The second-order valence-electron chi connectivity index (χ2n) is 4.92. The maximum absolute atomic E-state index is 11.7. The van der Waals surface area contributed by atoms with Crippen LogP contribution in [0.3, 0.4) is 0 Å². The number of rotatable bonds is 3. The SMILES string of the molecule is Nc1nc2c(ncn2C2CC(O)C(C(O)C(=O)O)O2)c(=O)[nH]1. The molecular weight excluding hydrogens is 298 g/mol. The molecule has 0 spiro atoms. The Morgan fingerprint density at radius 1 is 1.59 bits per heavy atom. The molecule has 0 saturated carbocycles. The molecule has 11 nitrogen and oxygen atoms in total. The first kappa shape index (κ1) is 14.4. The summed E-state index contributed by atoms with van der Waals surface area (Å²) in [7, 11) is 0. The number of hydrogen-bond donors (Lipinski definition) is 5. The maximum Gasteiger partial charge on any atom is 0.335 e. The lowest BCUT2D eigenvalue weighted by atomic mass is 10.1. The van der Waals surface area contributed by atoms with Crippen molar-refractivity contribution in [3.63, 3.8) is 0 Å². The van der Waals surface area contributed by atoms with Crippen molar-refractivity contribution in [2.75, 3.05) is 5.73 Å². The number of aliphatic hydroxyl groups is 2. The number of nitrogens with two attached hydrogens (primary N) is 1. The Labute approximate surface area is 122 Å². The summed E-state index contributed by atoms with van der Waals surface area (Å²) in [6.07, 6.45) is -3.88. The number of aliphatic hydroxyl groups excluding tert-OH is 2. The molecule has 3 rings (SSSR count). The molecule has 0 amide bonds. The van der Waals surface area contributed by atoms with Gasteiger partial charge in [0, 0.05) is 6.42 Å². The quantitative estimate of drug-likeness (QED) is 0.420. The Hall–Kier alpha value is -2.50. The van der Waals surface area contributed by atoms with Crippen LogP contribution < -0.4 is 11.3 Å². The first-order valence-corrected chi connectivity index (χ1v) is 6.35. The summed E-state index contributed by atoms with van der Waals surface area (Å²) in [6, 6.07) is 0. The smallest absolute Gasteiger partial charge is 0.335 e. The van der Waals surface area contributed by atoms with Gasteiger partial charge in [-0.05, 0) is 0 Å². The third kappa shape index (κ3) is 2.20. The molecule has 11 heteroatoms. The number of nitrogen functional groups attached to an aromatic ring is 1. The number of nitrogens with one attached hydrogen (secondary N) is 1. The summed E-state index contributed by atoms with van der Waals surface area (Å²) >= 11 is 0. The van der Waals surface area contributed by atoms with E-state index in [4.69, 9.17) is 15.6 Å². The van der Waals surface area contributed by atoms with Gasteiger partial charge < -0.3 is 25.8 Å².